The first-order valence-electron chi connectivity index (χ1n) is 6.09. The summed E-state index contributed by atoms with van der Waals surface area (Å²) in [6.45, 7) is 3.10. The van der Waals surface area contributed by atoms with Crippen molar-refractivity contribution in [2.45, 2.75) is 25.8 Å². The number of methoxy groups -OCH3 is 1. The monoisotopic (exact) mass is 278 g/mol. The Morgan fingerprint density at radius 2 is 2.22 bits per heavy atom. The molecule has 0 aromatic heterocycles. The SMILES string of the molecule is COC[C@H](C)NC(=O)[C@@H]1CCCN(S(C)(=O)=O)C1. The summed E-state index contributed by atoms with van der Waals surface area (Å²) in [5.41, 5.74) is 0. The van der Waals surface area contributed by atoms with E-state index >= 15 is 0 Å². The molecule has 0 aliphatic carbocycles. The van der Waals surface area contributed by atoms with Gasteiger partial charge in [0.15, 0.2) is 0 Å². The zero-order valence-electron chi connectivity index (χ0n) is 11.2. The lowest BCUT2D eigenvalue weighted by Crippen LogP contribution is -2.47. The summed E-state index contributed by atoms with van der Waals surface area (Å²) < 4.78 is 29.2. The number of rotatable bonds is 5. The van der Waals surface area contributed by atoms with Gasteiger partial charge >= 0.3 is 0 Å². The summed E-state index contributed by atoms with van der Waals surface area (Å²) >= 11 is 0. The molecular formula is C11H22N2O4S. The van der Waals surface area contributed by atoms with Gasteiger partial charge in [-0.1, -0.05) is 0 Å². The van der Waals surface area contributed by atoms with Gasteiger partial charge in [-0.2, -0.15) is 0 Å². The third-order valence-corrected chi connectivity index (χ3v) is 4.30. The molecule has 18 heavy (non-hydrogen) atoms. The second-order valence-electron chi connectivity index (χ2n) is 4.83. The van der Waals surface area contributed by atoms with E-state index in [0.717, 1.165) is 12.8 Å². The molecule has 1 aliphatic rings. The largest absolute Gasteiger partial charge is 0.383 e. The van der Waals surface area contributed by atoms with Gasteiger partial charge in [0.2, 0.25) is 15.9 Å². The van der Waals surface area contributed by atoms with Crippen molar-refractivity contribution in [3.8, 4) is 0 Å². The molecule has 1 amide bonds. The molecule has 0 spiro atoms. The number of nitrogens with one attached hydrogen (secondary N) is 1. The van der Waals surface area contributed by atoms with Crippen LogP contribution in [0.3, 0.4) is 0 Å². The fourth-order valence-corrected chi connectivity index (χ4v) is 3.02. The molecule has 1 heterocycles. The molecule has 0 aromatic rings. The number of hydrogen-bond acceptors (Lipinski definition) is 4. The predicted octanol–water partition coefficient (Wildman–Crippen LogP) is -0.191. The minimum atomic E-state index is -3.20. The standard InChI is InChI=1S/C11H22N2O4S/c1-9(8-17-2)12-11(14)10-5-4-6-13(7-10)18(3,15)16/h9-10H,4-8H2,1-3H3,(H,12,14)/t9-,10+/m0/s1. The number of carbonyl (C=O) groups is 1. The molecule has 1 saturated heterocycles. The summed E-state index contributed by atoms with van der Waals surface area (Å²) in [6, 6.07) is -0.0592. The summed E-state index contributed by atoms with van der Waals surface area (Å²) in [5, 5.41) is 2.84. The van der Waals surface area contributed by atoms with Crippen molar-refractivity contribution in [3.05, 3.63) is 0 Å². The maximum absolute atomic E-state index is 12.0. The van der Waals surface area contributed by atoms with Crippen molar-refractivity contribution in [3.63, 3.8) is 0 Å². The van der Waals surface area contributed by atoms with Gasteiger partial charge in [-0.05, 0) is 19.8 Å². The van der Waals surface area contributed by atoms with Crippen LogP contribution in [0.1, 0.15) is 19.8 Å². The quantitative estimate of drug-likeness (QED) is 0.756. The molecule has 0 bridgehead atoms. The van der Waals surface area contributed by atoms with Gasteiger partial charge in [-0.3, -0.25) is 4.79 Å². The molecule has 106 valence electrons. The van der Waals surface area contributed by atoms with E-state index in [1.807, 2.05) is 6.92 Å². The Morgan fingerprint density at radius 1 is 1.56 bits per heavy atom. The highest BCUT2D eigenvalue weighted by Crippen LogP contribution is 2.18. The van der Waals surface area contributed by atoms with Crippen LogP contribution in [0.25, 0.3) is 0 Å². The maximum Gasteiger partial charge on any atom is 0.224 e. The zero-order chi connectivity index (χ0) is 13.8. The maximum atomic E-state index is 12.0. The fourth-order valence-electron chi connectivity index (χ4n) is 2.11. The predicted molar refractivity (Wildman–Crippen MR) is 68.6 cm³/mol. The van der Waals surface area contributed by atoms with E-state index < -0.39 is 10.0 Å². The Labute approximate surface area is 109 Å². The van der Waals surface area contributed by atoms with Crippen LogP contribution in [-0.2, 0) is 19.6 Å². The number of hydrogen-bond donors (Lipinski definition) is 1. The Kier molecular flexibility index (Phi) is 5.55. The molecular weight excluding hydrogens is 256 g/mol. The Hall–Kier alpha value is -0.660. The first-order chi connectivity index (χ1) is 8.34. The number of ether oxygens (including phenoxy) is 1. The topological polar surface area (TPSA) is 75.7 Å². The number of amides is 1. The van der Waals surface area contributed by atoms with Crippen molar-refractivity contribution in [2.75, 3.05) is 33.1 Å². The third-order valence-electron chi connectivity index (χ3n) is 3.03. The van der Waals surface area contributed by atoms with Gasteiger partial charge in [0, 0.05) is 26.2 Å². The van der Waals surface area contributed by atoms with Gasteiger partial charge in [-0.15, -0.1) is 0 Å². The minimum absolute atomic E-state index is 0.0592. The van der Waals surface area contributed by atoms with E-state index in [9.17, 15) is 13.2 Å². The summed E-state index contributed by atoms with van der Waals surface area (Å²) in [7, 11) is -1.62. The van der Waals surface area contributed by atoms with E-state index in [1.165, 1.54) is 10.6 Å². The Bertz CT molecular complexity index is 383. The molecule has 1 N–H and O–H groups in total. The van der Waals surface area contributed by atoms with Gasteiger partial charge < -0.3 is 10.1 Å². The van der Waals surface area contributed by atoms with Gasteiger partial charge in [0.1, 0.15) is 0 Å². The molecule has 6 nitrogen and oxygen atoms in total. The van der Waals surface area contributed by atoms with Crippen LogP contribution >= 0.6 is 0 Å². The van der Waals surface area contributed by atoms with Crippen molar-refractivity contribution >= 4 is 15.9 Å². The summed E-state index contributed by atoms with van der Waals surface area (Å²) in [6.07, 6.45) is 2.64. The molecule has 1 rings (SSSR count). The van der Waals surface area contributed by atoms with Gasteiger partial charge in [0.25, 0.3) is 0 Å². The third kappa shape index (κ3) is 4.55. The van der Waals surface area contributed by atoms with Crippen LogP contribution < -0.4 is 5.32 Å². The second-order valence-corrected chi connectivity index (χ2v) is 6.81. The minimum Gasteiger partial charge on any atom is -0.383 e. The number of carbonyl (C=O) groups excluding carboxylic acids is 1. The van der Waals surface area contributed by atoms with Crippen LogP contribution in [-0.4, -0.2) is 57.7 Å². The van der Waals surface area contributed by atoms with Gasteiger partial charge in [-0.25, -0.2) is 12.7 Å². The summed E-state index contributed by atoms with van der Waals surface area (Å²) in [4.78, 5) is 12.0. The lowest BCUT2D eigenvalue weighted by Gasteiger charge is -2.30. The van der Waals surface area contributed by atoms with Gasteiger partial charge in [0.05, 0.1) is 18.8 Å². The summed E-state index contributed by atoms with van der Waals surface area (Å²) in [5.74, 6) is -0.347. The van der Waals surface area contributed by atoms with Crippen molar-refractivity contribution < 1.29 is 17.9 Å². The van der Waals surface area contributed by atoms with Crippen LogP contribution in [0.15, 0.2) is 0 Å². The number of nitrogens with zero attached hydrogens (tertiary/aromatic N) is 1. The zero-order valence-corrected chi connectivity index (χ0v) is 12.0. The molecule has 1 fully saturated rings. The molecule has 0 radical (unpaired) electrons. The van der Waals surface area contributed by atoms with E-state index in [1.54, 1.807) is 7.11 Å². The molecule has 0 saturated carbocycles. The second kappa shape index (κ2) is 6.49. The molecule has 1 aliphatic heterocycles. The molecule has 0 aromatic carbocycles. The first-order valence-corrected chi connectivity index (χ1v) is 7.94. The average molecular weight is 278 g/mol. The molecule has 2 atom stereocenters. The van der Waals surface area contributed by atoms with E-state index in [4.69, 9.17) is 4.74 Å². The normalized spacial score (nSPS) is 23.6. The molecule has 7 heteroatoms. The fraction of sp³-hybridized carbons (Fsp3) is 0.909. The van der Waals surface area contributed by atoms with E-state index in [-0.39, 0.29) is 24.4 Å². The molecule has 0 unspecified atom stereocenters. The van der Waals surface area contributed by atoms with Crippen LogP contribution in [0.2, 0.25) is 0 Å². The average Bonchev–Trinajstić information content (AvgIpc) is 2.28. The van der Waals surface area contributed by atoms with E-state index in [2.05, 4.69) is 5.32 Å². The smallest absolute Gasteiger partial charge is 0.224 e. The van der Waals surface area contributed by atoms with Crippen LogP contribution in [0.4, 0.5) is 0 Å². The highest BCUT2D eigenvalue weighted by molar-refractivity contribution is 7.88. The number of piperidine rings is 1. The lowest BCUT2D eigenvalue weighted by atomic mass is 9.98. The van der Waals surface area contributed by atoms with Crippen molar-refractivity contribution in [1.82, 2.24) is 9.62 Å². The lowest BCUT2D eigenvalue weighted by molar-refractivity contribution is -0.127. The Morgan fingerprint density at radius 3 is 2.78 bits per heavy atom. The highest BCUT2D eigenvalue weighted by atomic mass is 32.2. The van der Waals surface area contributed by atoms with E-state index in [0.29, 0.717) is 13.2 Å². The first kappa shape index (κ1) is 15.4. The highest BCUT2D eigenvalue weighted by Gasteiger charge is 2.30. The van der Waals surface area contributed by atoms with Crippen molar-refractivity contribution in [1.29, 1.82) is 0 Å². The Balaban J connectivity index is 2.53. The van der Waals surface area contributed by atoms with Crippen LogP contribution in [0, 0.1) is 5.92 Å². The van der Waals surface area contributed by atoms with Crippen molar-refractivity contribution in [2.24, 2.45) is 5.92 Å². The number of sulfonamides is 1. The van der Waals surface area contributed by atoms with Crippen LogP contribution in [0.5, 0.6) is 0 Å².